The van der Waals surface area contributed by atoms with Gasteiger partial charge in [-0.25, -0.2) is 9.37 Å². The number of hydrogen-bond donors (Lipinski definition) is 1. The van der Waals surface area contributed by atoms with E-state index in [2.05, 4.69) is 25.9 Å². The Balaban J connectivity index is 2.13. The fourth-order valence-corrected chi connectivity index (χ4v) is 2.66. The van der Waals surface area contributed by atoms with Gasteiger partial charge in [-0.2, -0.15) is 0 Å². The van der Waals surface area contributed by atoms with Gasteiger partial charge < -0.3 is 4.98 Å². The summed E-state index contributed by atoms with van der Waals surface area (Å²) in [6.45, 7) is 0. The van der Waals surface area contributed by atoms with Gasteiger partial charge >= 0.3 is 0 Å². The maximum Gasteiger partial charge on any atom is 0.140 e. The number of H-pyrrole nitrogens is 1. The predicted molar refractivity (Wildman–Crippen MR) is 74.5 cm³/mol. The second kappa shape index (κ2) is 4.55. The molecule has 0 radical (unpaired) electrons. The number of nitrogens with zero attached hydrogens (tertiary/aromatic N) is 1. The highest BCUT2D eigenvalue weighted by atomic mass is 79.9. The Labute approximate surface area is 117 Å². The fraction of sp³-hybridized carbons (Fsp3) is 0.231. The van der Waals surface area contributed by atoms with Crippen molar-refractivity contribution < 1.29 is 4.39 Å². The second-order valence-corrected chi connectivity index (χ2v) is 5.69. The van der Waals surface area contributed by atoms with Gasteiger partial charge in [0.2, 0.25) is 0 Å². The van der Waals surface area contributed by atoms with E-state index in [-0.39, 0.29) is 5.82 Å². The van der Waals surface area contributed by atoms with E-state index in [1.165, 1.54) is 25.0 Å². The van der Waals surface area contributed by atoms with Crippen molar-refractivity contribution in [2.45, 2.75) is 18.8 Å². The van der Waals surface area contributed by atoms with Crippen molar-refractivity contribution in [2.24, 2.45) is 0 Å². The average molecular weight is 325 g/mol. The lowest BCUT2D eigenvalue weighted by molar-refractivity contribution is 0.627. The van der Waals surface area contributed by atoms with Gasteiger partial charge in [0.05, 0.1) is 0 Å². The minimum absolute atomic E-state index is 0.275. The highest BCUT2D eigenvalue weighted by Crippen LogP contribution is 2.39. The third-order valence-electron chi connectivity index (χ3n) is 2.97. The number of rotatable bonds is 2. The summed E-state index contributed by atoms with van der Waals surface area (Å²) in [5, 5.41) is 0. The smallest absolute Gasteiger partial charge is 0.140 e. The zero-order valence-corrected chi connectivity index (χ0v) is 11.8. The lowest BCUT2D eigenvalue weighted by Gasteiger charge is -2.07. The molecule has 0 unspecified atom stereocenters. The number of halogens is 2. The van der Waals surface area contributed by atoms with E-state index in [1.54, 1.807) is 6.07 Å². The van der Waals surface area contributed by atoms with Crippen molar-refractivity contribution in [3.8, 4) is 11.4 Å². The van der Waals surface area contributed by atoms with Crippen LogP contribution in [0, 0.1) is 10.5 Å². The van der Waals surface area contributed by atoms with Crippen LogP contribution in [0.3, 0.4) is 0 Å². The Morgan fingerprint density at radius 2 is 2.11 bits per heavy atom. The molecule has 2 aromatic rings. The molecule has 2 nitrogen and oxygen atoms in total. The van der Waals surface area contributed by atoms with Crippen molar-refractivity contribution in [3.05, 3.63) is 44.9 Å². The molecule has 0 amide bonds. The zero-order valence-electron chi connectivity index (χ0n) is 9.41. The third kappa shape index (κ3) is 2.37. The minimum atomic E-state index is -0.275. The second-order valence-electron chi connectivity index (χ2n) is 4.42. The summed E-state index contributed by atoms with van der Waals surface area (Å²) in [4.78, 5) is 7.61. The number of benzene rings is 1. The summed E-state index contributed by atoms with van der Waals surface area (Å²) < 4.78 is 14.3. The zero-order chi connectivity index (χ0) is 12.7. The van der Waals surface area contributed by atoms with Crippen LogP contribution in [0.1, 0.15) is 24.5 Å². The van der Waals surface area contributed by atoms with Gasteiger partial charge in [-0.15, -0.1) is 0 Å². The summed E-state index contributed by atoms with van der Waals surface area (Å²) in [6, 6.07) is 6.46. The van der Waals surface area contributed by atoms with E-state index in [0.717, 1.165) is 11.3 Å². The molecule has 5 heteroatoms. The molecule has 92 valence electrons. The van der Waals surface area contributed by atoms with Crippen LogP contribution in [-0.4, -0.2) is 9.97 Å². The topological polar surface area (TPSA) is 28.7 Å². The van der Waals surface area contributed by atoms with Gasteiger partial charge in [0, 0.05) is 15.7 Å². The van der Waals surface area contributed by atoms with Gasteiger partial charge in [0.25, 0.3) is 0 Å². The van der Waals surface area contributed by atoms with Crippen molar-refractivity contribution >= 4 is 28.1 Å². The lowest BCUT2D eigenvalue weighted by atomic mass is 10.2. The molecule has 0 bridgehead atoms. The standard InChI is InChI=1S/C13H10BrFN2S/c14-10-5-8(15)3-4-9(10)13-16-11(7-1-2-7)6-12(18)17-13/h3-7H,1-2H2,(H,16,17,18). The lowest BCUT2D eigenvalue weighted by Crippen LogP contribution is -1.95. The molecule has 1 fully saturated rings. The number of hydrogen-bond acceptors (Lipinski definition) is 2. The molecule has 1 aromatic carbocycles. The van der Waals surface area contributed by atoms with Gasteiger partial charge in [-0.3, -0.25) is 0 Å². The van der Waals surface area contributed by atoms with Crippen LogP contribution in [0.2, 0.25) is 0 Å². The maximum atomic E-state index is 13.1. The molecule has 1 aromatic heterocycles. The van der Waals surface area contributed by atoms with E-state index in [9.17, 15) is 4.39 Å². The molecule has 0 spiro atoms. The first-order valence-corrected chi connectivity index (χ1v) is 6.90. The van der Waals surface area contributed by atoms with E-state index in [0.29, 0.717) is 20.9 Å². The van der Waals surface area contributed by atoms with Crippen molar-refractivity contribution in [1.82, 2.24) is 9.97 Å². The highest BCUT2D eigenvalue weighted by Gasteiger charge is 2.25. The normalized spacial score (nSPS) is 14.8. The van der Waals surface area contributed by atoms with Crippen LogP contribution in [-0.2, 0) is 0 Å². The number of aromatic nitrogens is 2. The summed E-state index contributed by atoms with van der Waals surface area (Å²) in [5.41, 5.74) is 1.95. The molecule has 1 saturated carbocycles. The number of aromatic amines is 1. The van der Waals surface area contributed by atoms with Crippen molar-refractivity contribution in [2.75, 3.05) is 0 Å². The molecule has 3 rings (SSSR count). The predicted octanol–water partition coefficient (Wildman–Crippen LogP) is 4.59. The first-order valence-electron chi connectivity index (χ1n) is 5.70. The number of nitrogens with one attached hydrogen (secondary N) is 1. The third-order valence-corrected chi connectivity index (χ3v) is 3.83. The molecule has 1 aliphatic rings. The summed E-state index contributed by atoms with van der Waals surface area (Å²) >= 11 is 8.53. The first-order chi connectivity index (χ1) is 8.63. The van der Waals surface area contributed by atoms with E-state index >= 15 is 0 Å². The summed E-state index contributed by atoms with van der Waals surface area (Å²) in [6.07, 6.45) is 2.39. The molecule has 0 atom stereocenters. The minimum Gasteiger partial charge on any atom is -0.343 e. The Morgan fingerprint density at radius 1 is 1.33 bits per heavy atom. The summed E-state index contributed by atoms with van der Waals surface area (Å²) in [5.74, 6) is 0.992. The van der Waals surface area contributed by atoms with E-state index in [4.69, 9.17) is 12.2 Å². The van der Waals surface area contributed by atoms with Crippen LogP contribution in [0.4, 0.5) is 4.39 Å². The van der Waals surface area contributed by atoms with Gasteiger partial charge in [-0.1, -0.05) is 12.2 Å². The SMILES string of the molecule is Fc1ccc(-c2nc(=S)cc(C3CC3)[nH]2)c(Br)c1. The van der Waals surface area contributed by atoms with Crippen LogP contribution >= 0.6 is 28.1 Å². The molecule has 18 heavy (non-hydrogen) atoms. The van der Waals surface area contributed by atoms with Crippen LogP contribution in [0.15, 0.2) is 28.7 Å². The molecular formula is C13H10BrFN2S. The first kappa shape index (κ1) is 12.0. The largest absolute Gasteiger partial charge is 0.343 e. The molecule has 1 aliphatic carbocycles. The molecule has 1 N–H and O–H groups in total. The molecule has 1 heterocycles. The Kier molecular flexibility index (Phi) is 3.03. The van der Waals surface area contributed by atoms with Crippen LogP contribution in [0.5, 0.6) is 0 Å². The Morgan fingerprint density at radius 3 is 2.78 bits per heavy atom. The van der Waals surface area contributed by atoms with Crippen LogP contribution < -0.4 is 0 Å². The van der Waals surface area contributed by atoms with Crippen molar-refractivity contribution in [3.63, 3.8) is 0 Å². The van der Waals surface area contributed by atoms with Gasteiger partial charge in [-0.05, 0) is 59.0 Å². The van der Waals surface area contributed by atoms with Gasteiger partial charge in [0.1, 0.15) is 16.3 Å². The molecule has 0 aliphatic heterocycles. The monoisotopic (exact) mass is 324 g/mol. The van der Waals surface area contributed by atoms with Crippen molar-refractivity contribution in [1.29, 1.82) is 0 Å². The Bertz CT molecular complexity index is 664. The average Bonchev–Trinajstić information content (AvgIpc) is 3.11. The van der Waals surface area contributed by atoms with E-state index < -0.39 is 0 Å². The quantitative estimate of drug-likeness (QED) is 0.819. The summed E-state index contributed by atoms with van der Waals surface area (Å²) in [7, 11) is 0. The Hall–Kier alpha value is -1.07. The maximum absolute atomic E-state index is 13.1. The van der Waals surface area contributed by atoms with Crippen LogP contribution in [0.25, 0.3) is 11.4 Å². The molecule has 0 saturated heterocycles. The molecular weight excluding hydrogens is 315 g/mol. The fourth-order valence-electron chi connectivity index (χ4n) is 1.90. The van der Waals surface area contributed by atoms with Gasteiger partial charge in [0.15, 0.2) is 0 Å². The van der Waals surface area contributed by atoms with E-state index in [1.807, 2.05) is 6.07 Å². The highest BCUT2D eigenvalue weighted by molar-refractivity contribution is 9.10.